The van der Waals surface area contributed by atoms with Crippen LogP contribution in [0.3, 0.4) is 0 Å². The first-order valence-corrected chi connectivity index (χ1v) is 5.20. The van der Waals surface area contributed by atoms with Gasteiger partial charge in [-0.2, -0.15) is 0 Å². The van der Waals surface area contributed by atoms with Crippen molar-refractivity contribution < 1.29 is 4.79 Å². The smallest absolute Gasteiger partial charge is 0.151 e. The van der Waals surface area contributed by atoms with Crippen LogP contribution in [0.2, 0.25) is 0 Å². The average molecular weight is 190 g/mol. The van der Waals surface area contributed by atoms with Gasteiger partial charge in [-0.3, -0.25) is 9.69 Å². The van der Waals surface area contributed by atoms with E-state index in [0.29, 0.717) is 0 Å². The Balaban J connectivity index is 1.63. The maximum Gasteiger partial charge on any atom is 0.151 e. The van der Waals surface area contributed by atoms with Crippen molar-refractivity contribution in [1.29, 1.82) is 0 Å². The third-order valence-electron chi connectivity index (χ3n) is 3.35. The maximum absolute atomic E-state index is 10.5. The summed E-state index contributed by atoms with van der Waals surface area (Å²) in [6, 6.07) is 1.94. The summed E-state index contributed by atoms with van der Waals surface area (Å²) in [4.78, 5) is 16.1. The highest BCUT2D eigenvalue weighted by Crippen LogP contribution is 2.45. The van der Waals surface area contributed by atoms with E-state index in [1.165, 1.54) is 19.5 Å². The number of aromatic amines is 1. The van der Waals surface area contributed by atoms with Crippen LogP contribution in [0.25, 0.3) is 0 Å². The number of rotatable bonds is 3. The normalized spacial score (nSPS) is 30.3. The van der Waals surface area contributed by atoms with Crippen LogP contribution in [-0.4, -0.2) is 29.3 Å². The van der Waals surface area contributed by atoms with Gasteiger partial charge in [0.1, 0.15) is 0 Å². The fourth-order valence-electron chi connectivity index (χ4n) is 2.49. The van der Waals surface area contributed by atoms with Gasteiger partial charge >= 0.3 is 0 Å². The molecule has 3 nitrogen and oxygen atoms in total. The van der Waals surface area contributed by atoms with Crippen LogP contribution >= 0.6 is 0 Å². The molecule has 1 aromatic heterocycles. The standard InChI is InChI=1S/C11H14N2O/c14-7-8-1-11(12-3-8)6-13-4-9-2-10(9)5-13/h1,3,7,9-10,12H,2,4-6H2/t9-,10+. The molecule has 1 N–H and O–H groups in total. The van der Waals surface area contributed by atoms with Crippen molar-refractivity contribution in [2.45, 2.75) is 13.0 Å². The number of H-pyrrole nitrogens is 1. The molecule has 3 rings (SSSR count). The lowest BCUT2D eigenvalue weighted by Gasteiger charge is -2.15. The lowest BCUT2D eigenvalue weighted by atomic mass is 10.3. The minimum Gasteiger partial charge on any atom is -0.363 e. The lowest BCUT2D eigenvalue weighted by molar-refractivity contribution is 0.112. The Kier molecular flexibility index (Phi) is 1.74. The van der Waals surface area contributed by atoms with E-state index >= 15 is 0 Å². The molecule has 0 aromatic carbocycles. The second-order valence-corrected chi connectivity index (χ2v) is 4.53. The van der Waals surface area contributed by atoms with E-state index in [-0.39, 0.29) is 0 Å². The van der Waals surface area contributed by atoms with Gasteiger partial charge in [0, 0.05) is 37.1 Å². The van der Waals surface area contributed by atoms with Crippen molar-refractivity contribution in [3.05, 3.63) is 23.5 Å². The highest BCUT2D eigenvalue weighted by atomic mass is 16.1. The number of aromatic nitrogens is 1. The van der Waals surface area contributed by atoms with Crippen molar-refractivity contribution >= 4 is 6.29 Å². The molecule has 2 heterocycles. The summed E-state index contributed by atoms with van der Waals surface area (Å²) in [5, 5.41) is 0. The minimum absolute atomic E-state index is 0.754. The van der Waals surface area contributed by atoms with Crippen LogP contribution in [0.15, 0.2) is 12.3 Å². The summed E-state index contributed by atoms with van der Waals surface area (Å²) in [5.74, 6) is 1.96. The Morgan fingerprint density at radius 3 is 2.93 bits per heavy atom. The molecule has 2 aliphatic rings. The third-order valence-corrected chi connectivity index (χ3v) is 3.35. The molecule has 1 aliphatic carbocycles. The number of carbonyl (C=O) groups is 1. The van der Waals surface area contributed by atoms with E-state index in [1.54, 1.807) is 6.20 Å². The van der Waals surface area contributed by atoms with Gasteiger partial charge in [0.15, 0.2) is 6.29 Å². The van der Waals surface area contributed by atoms with Gasteiger partial charge in [-0.1, -0.05) is 0 Å². The summed E-state index contributed by atoms with van der Waals surface area (Å²) < 4.78 is 0. The second kappa shape index (κ2) is 2.95. The van der Waals surface area contributed by atoms with E-state index in [2.05, 4.69) is 9.88 Å². The van der Waals surface area contributed by atoms with E-state index < -0.39 is 0 Å². The van der Waals surface area contributed by atoms with E-state index in [9.17, 15) is 4.79 Å². The Morgan fingerprint density at radius 1 is 1.50 bits per heavy atom. The van der Waals surface area contributed by atoms with E-state index in [4.69, 9.17) is 0 Å². The van der Waals surface area contributed by atoms with Crippen molar-refractivity contribution in [1.82, 2.24) is 9.88 Å². The number of likely N-dealkylation sites (tertiary alicyclic amines) is 1. The fourth-order valence-corrected chi connectivity index (χ4v) is 2.49. The first-order valence-electron chi connectivity index (χ1n) is 5.20. The predicted octanol–water partition coefficient (Wildman–Crippen LogP) is 1.28. The molecule has 1 saturated heterocycles. The fraction of sp³-hybridized carbons (Fsp3) is 0.545. The second-order valence-electron chi connectivity index (χ2n) is 4.53. The van der Waals surface area contributed by atoms with Gasteiger partial charge < -0.3 is 4.98 Å². The highest BCUT2D eigenvalue weighted by molar-refractivity contribution is 5.74. The number of carbonyl (C=O) groups excluding carboxylic acids is 1. The summed E-state index contributed by atoms with van der Waals surface area (Å²) in [5.41, 5.74) is 1.91. The van der Waals surface area contributed by atoms with Gasteiger partial charge in [-0.25, -0.2) is 0 Å². The minimum atomic E-state index is 0.754. The molecule has 1 aromatic rings. The zero-order valence-electron chi connectivity index (χ0n) is 8.07. The zero-order chi connectivity index (χ0) is 9.54. The number of aldehydes is 1. The molecule has 0 spiro atoms. The van der Waals surface area contributed by atoms with Gasteiger partial charge in [0.2, 0.25) is 0 Å². The molecule has 0 radical (unpaired) electrons. The number of hydrogen-bond acceptors (Lipinski definition) is 2. The highest BCUT2D eigenvalue weighted by Gasteiger charge is 2.44. The predicted molar refractivity (Wildman–Crippen MR) is 53.1 cm³/mol. The summed E-state index contributed by atoms with van der Waals surface area (Å²) in [7, 11) is 0. The lowest BCUT2D eigenvalue weighted by Crippen LogP contribution is -2.22. The molecule has 3 heteroatoms. The zero-order valence-corrected chi connectivity index (χ0v) is 8.07. The van der Waals surface area contributed by atoms with Crippen molar-refractivity contribution in [2.75, 3.05) is 13.1 Å². The molecule has 1 saturated carbocycles. The Hall–Kier alpha value is -1.09. The molecule has 0 bridgehead atoms. The summed E-state index contributed by atoms with van der Waals surface area (Å²) in [6.07, 6.45) is 4.11. The van der Waals surface area contributed by atoms with Crippen LogP contribution in [-0.2, 0) is 6.54 Å². The largest absolute Gasteiger partial charge is 0.363 e. The van der Waals surface area contributed by atoms with Crippen molar-refractivity contribution in [3.8, 4) is 0 Å². The maximum atomic E-state index is 10.5. The van der Waals surface area contributed by atoms with Crippen LogP contribution in [0.1, 0.15) is 22.5 Å². The van der Waals surface area contributed by atoms with Gasteiger partial charge in [-0.05, 0) is 24.3 Å². The van der Waals surface area contributed by atoms with Crippen LogP contribution in [0, 0.1) is 11.8 Å². The monoisotopic (exact) mass is 190 g/mol. The molecular weight excluding hydrogens is 176 g/mol. The molecule has 2 atom stereocenters. The topological polar surface area (TPSA) is 36.1 Å². The third kappa shape index (κ3) is 1.38. The number of piperidine rings is 1. The number of nitrogens with zero attached hydrogens (tertiary/aromatic N) is 1. The Labute approximate surface area is 83.1 Å². The molecule has 2 fully saturated rings. The summed E-state index contributed by atoms with van der Waals surface area (Å²) >= 11 is 0. The Morgan fingerprint density at radius 2 is 2.29 bits per heavy atom. The van der Waals surface area contributed by atoms with Gasteiger partial charge in [0.05, 0.1) is 0 Å². The molecule has 0 unspecified atom stereocenters. The molecule has 1 aliphatic heterocycles. The van der Waals surface area contributed by atoms with Crippen LogP contribution in [0.4, 0.5) is 0 Å². The average Bonchev–Trinajstić information content (AvgIpc) is 2.66. The van der Waals surface area contributed by atoms with Crippen LogP contribution in [0.5, 0.6) is 0 Å². The first-order chi connectivity index (χ1) is 6.85. The van der Waals surface area contributed by atoms with E-state index in [1.807, 2.05) is 6.07 Å². The summed E-state index contributed by atoms with van der Waals surface area (Å²) in [6.45, 7) is 3.47. The number of nitrogens with one attached hydrogen (secondary N) is 1. The molecule has 14 heavy (non-hydrogen) atoms. The first kappa shape index (κ1) is 8.24. The van der Waals surface area contributed by atoms with Crippen molar-refractivity contribution in [2.24, 2.45) is 11.8 Å². The number of fused-ring (bicyclic) bond motifs is 1. The molecule has 74 valence electrons. The van der Waals surface area contributed by atoms with Crippen molar-refractivity contribution in [3.63, 3.8) is 0 Å². The van der Waals surface area contributed by atoms with Crippen LogP contribution < -0.4 is 0 Å². The van der Waals surface area contributed by atoms with Gasteiger partial charge in [0.25, 0.3) is 0 Å². The molecular formula is C11H14N2O. The Bertz CT molecular complexity index is 348. The molecule has 0 amide bonds. The SMILES string of the molecule is O=Cc1c[nH]c(CN2C[C@H]3C[C@H]3C2)c1. The number of hydrogen-bond donors (Lipinski definition) is 1. The van der Waals surface area contributed by atoms with E-state index in [0.717, 1.165) is 35.9 Å². The quantitative estimate of drug-likeness (QED) is 0.729. The van der Waals surface area contributed by atoms with Gasteiger partial charge in [-0.15, -0.1) is 0 Å².